The molecule has 0 radical (unpaired) electrons. The van der Waals surface area contributed by atoms with Crippen molar-refractivity contribution in [2.75, 3.05) is 7.05 Å². The first-order valence-corrected chi connectivity index (χ1v) is 7.12. The van der Waals surface area contributed by atoms with Crippen LogP contribution in [0.5, 0.6) is 5.75 Å². The first kappa shape index (κ1) is 12.5. The minimum atomic E-state index is -0.148. The van der Waals surface area contributed by atoms with Gasteiger partial charge in [0.2, 0.25) is 5.91 Å². The smallest absolute Gasteiger partial charge is 0.225 e. The molecule has 3 rings (SSSR count). The van der Waals surface area contributed by atoms with Gasteiger partial charge in [0, 0.05) is 7.05 Å². The Morgan fingerprint density at radius 2 is 1.89 bits per heavy atom. The summed E-state index contributed by atoms with van der Waals surface area (Å²) in [5.41, 5.74) is 1.29. The van der Waals surface area contributed by atoms with Gasteiger partial charge in [-0.2, -0.15) is 0 Å². The van der Waals surface area contributed by atoms with E-state index >= 15 is 0 Å². The molecule has 2 aliphatic carbocycles. The summed E-state index contributed by atoms with van der Waals surface area (Å²) in [7, 11) is 1.74. The highest BCUT2D eigenvalue weighted by Crippen LogP contribution is 2.59. The van der Waals surface area contributed by atoms with Gasteiger partial charge < -0.3 is 10.4 Å². The molecule has 2 atom stereocenters. The monoisotopic (exact) mass is 259 g/mol. The third kappa shape index (κ3) is 1.83. The molecule has 19 heavy (non-hydrogen) atoms. The first-order valence-electron chi connectivity index (χ1n) is 7.12. The number of phenols is 1. The topological polar surface area (TPSA) is 49.3 Å². The zero-order valence-corrected chi connectivity index (χ0v) is 11.4. The van der Waals surface area contributed by atoms with E-state index in [1.807, 2.05) is 12.1 Å². The number of amides is 1. The fourth-order valence-corrected chi connectivity index (χ4v) is 4.27. The molecule has 1 aromatic carbocycles. The number of rotatable bonds is 2. The average molecular weight is 259 g/mol. The van der Waals surface area contributed by atoms with Crippen molar-refractivity contribution in [3.05, 3.63) is 29.8 Å². The Bertz CT molecular complexity index is 496. The van der Waals surface area contributed by atoms with Crippen molar-refractivity contribution in [2.45, 2.75) is 43.9 Å². The Kier molecular flexibility index (Phi) is 2.80. The second-order valence-electron chi connectivity index (χ2n) is 6.22. The van der Waals surface area contributed by atoms with E-state index in [1.54, 1.807) is 19.2 Å². The second-order valence-corrected chi connectivity index (χ2v) is 6.22. The number of carbonyl (C=O) groups excluding carboxylic acids is 1. The zero-order valence-electron chi connectivity index (χ0n) is 11.4. The number of hydrogen-bond donors (Lipinski definition) is 2. The number of carbonyl (C=O) groups is 1. The summed E-state index contributed by atoms with van der Waals surface area (Å²) in [6.07, 6.45) is 6.35. The molecule has 2 saturated carbocycles. The van der Waals surface area contributed by atoms with Crippen molar-refractivity contribution in [3.63, 3.8) is 0 Å². The molecule has 2 aliphatic rings. The van der Waals surface area contributed by atoms with Crippen LogP contribution >= 0.6 is 0 Å². The van der Waals surface area contributed by atoms with Crippen LogP contribution in [0.3, 0.4) is 0 Å². The molecule has 0 aromatic heterocycles. The standard InChI is InChI=1S/C16H21NO2/c1-17-14(19)16-8-2-7-15(11-16,9-10-16)12-3-5-13(18)6-4-12/h3-6,18H,2,7-11H2,1H3,(H,17,19). The van der Waals surface area contributed by atoms with Crippen molar-refractivity contribution >= 4 is 5.91 Å². The van der Waals surface area contributed by atoms with E-state index in [0.717, 1.165) is 38.5 Å². The first-order chi connectivity index (χ1) is 9.10. The van der Waals surface area contributed by atoms with Crippen LogP contribution in [0, 0.1) is 5.41 Å². The summed E-state index contributed by atoms with van der Waals surface area (Å²) in [5, 5.41) is 12.3. The molecule has 2 fully saturated rings. The molecule has 0 spiro atoms. The van der Waals surface area contributed by atoms with Gasteiger partial charge in [0.25, 0.3) is 0 Å². The van der Waals surface area contributed by atoms with Gasteiger partial charge >= 0.3 is 0 Å². The maximum atomic E-state index is 12.2. The van der Waals surface area contributed by atoms with Gasteiger partial charge in [0.05, 0.1) is 5.41 Å². The Morgan fingerprint density at radius 3 is 2.58 bits per heavy atom. The Labute approximate surface area is 114 Å². The van der Waals surface area contributed by atoms with Gasteiger partial charge in [0.1, 0.15) is 5.75 Å². The summed E-state index contributed by atoms with van der Waals surface area (Å²) < 4.78 is 0. The Balaban J connectivity index is 1.94. The Hall–Kier alpha value is -1.51. The lowest BCUT2D eigenvalue weighted by atomic mass is 9.66. The second kappa shape index (κ2) is 4.26. The molecule has 3 nitrogen and oxygen atoms in total. The van der Waals surface area contributed by atoms with Crippen LogP contribution in [0.1, 0.15) is 44.1 Å². The van der Waals surface area contributed by atoms with Gasteiger partial charge in [0.15, 0.2) is 0 Å². The third-order valence-electron chi connectivity index (χ3n) is 5.26. The highest BCUT2D eigenvalue weighted by molar-refractivity contribution is 5.83. The van der Waals surface area contributed by atoms with E-state index in [2.05, 4.69) is 5.32 Å². The van der Waals surface area contributed by atoms with E-state index in [4.69, 9.17) is 0 Å². The third-order valence-corrected chi connectivity index (χ3v) is 5.26. The van der Waals surface area contributed by atoms with E-state index in [1.165, 1.54) is 5.56 Å². The van der Waals surface area contributed by atoms with Crippen molar-refractivity contribution in [1.82, 2.24) is 5.32 Å². The van der Waals surface area contributed by atoms with E-state index in [9.17, 15) is 9.90 Å². The summed E-state index contributed by atoms with van der Waals surface area (Å²) >= 11 is 0. The van der Waals surface area contributed by atoms with E-state index in [-0.39, 0.29) is 16.7 Å². The summed E-state index contributed by atoms with van der Waals surface area (Å²) in [6, 6.07) is 7.58. The lowest BCUT2D eigenvalue weighted by Crippen LogP contribution is -2.41. The van der Waals surface area contributed by atoms with Crippen LogP contribution < -0.4 is 5.32 Å². The molecule has 0 heterocycles. The predicted molar refractivity (Wildman–Crippen MR) is 74.0 cm³/mol. The summed E-state index contributed by atoms with van der Waals surface area (Å²) in [6.45, 7) is 0. The average Bonchev–Trinajstić information content (AvgIpc) is 2.72. The van der Waals surface area contributed by atoms with E-state index < -0.39 is 0 Å². The van der Waals surface area contributed by atoms with Crippen molar-refractivity contribution < 1.29 is 9.90 Å². The van der Waals surface area contributed by atoms with Crippen molar-refractivity contribution in [3.8, 4) is 5.75 Å². The molecular weight excluding hydrogens is 238 g/mol. The van der Waals surface area contributed by atoms with Crippen LogP contribution in [-0.2, 0) is 10.2 Å². The van der Waals surface area contributed by atoms with Gasteiger partial charge in [-0.1, -0.05) is 18.6 Å². The molecule has 102 valence electrons. The minimum Gasteiger partial charge on any atom is -0.508 e. The fraction of sp³-hybridized carbons (Fsp3) is 0.562. The van der Waals surface area contributed by atoms with E-state index in [0.29, 0.717) is 5.75 Å². The van der Waals surface area contributed by atoms with Crippen LogP contribution in [0.25, 0.3) is 0 Å². The van der Waals surface area contributed by atoms with Crippen LogP contribution in [0.2, 0.25) is 0 Å². The number of aromatic hydroxyl groups is 1. The fourth-order valence-electron chi connectivity index (χ4n) is 4.27. The molecule has 0 aliphatic heterocycles. The predicted octanol–water partition coefficient (Wildman–Crippen LogP) is 2.73. The molecule has 1 amide bonds. The SMILES string of the molecule is CNC(=O)C12CCCC(c3ccc(O)cc3)(CC1)C2. The number of benzene rings is 1. The lowest BCUT2D eigenvalue weighted by molar-refractivity contribution is -0.131. The number of nitrogens with one attached hydrogen (secondary N) is 1. The number of hydrogen-bond acceptors (Lipinski definition) is 2. The normalized spacial score (nSPS) is 33.1. The molecule has 2 unspecified atom stereocenters. The highest BCUT2D eigenvalue weighted by Gasteiger charge is 2.54. The number of fused-ring (bicyclic) bond motifs is 2. The van der Waals surface area contributed by atoms with Crippen LogP contribution in [0.15, 0.2) is 24.3 Å². The summed E-state index contributed by atoms with van der Waals surface area (Å²) in [5.74, 6) is 0.527. The maximum absolute atomic E-state index is 12.2. The molecule has 2 bridgehead atoms. The minimum absolute atomic E-state index is 0.148. The number of phenolic OH excluding ortho intramolecular Hbond substituents is 1. The molecule has 1 aromatic rings. The van der Waals surface area contributed by atoms with Crippen LogP contribution in [-0.4, -0.2) is 18.1 Å². The lowest BCUT2D eigenvalue weighted by Gasteiger charge is -2.38. The Morgan fingerprint density at radius 1 is 1.16 bits per heavy atom. The van der Waals surface area contributed by atoms with Gasteiger partial charge in [-0.05, 0) is 55.2 Å². The molecular formula is C16H21NO2. The quantitative estimate of drug-likeness (QED) is 0.858. The molecule has 3 heteroatoms. The zero-order chi connectivity index (χ0) is 13.5. The maximum Gasteiger partial charge on any atom is 0.225 e. The van der Waals surface area contributed by atoms with Crippen LogP contribution in [0.4, 0.5) is 0 Å². The molecule has 0 saturated heterocycles. The highest BCUT2D eigenvalue weighted by atomic mass is 16.3. The molecule has 2 N–H and O–H groups in total. The van der Waals surface area contributed by atoms with Crippen molar-refractivity contribution in [2.24, 2.45) is 5.41 Å². The van der Waals surface area contributed by atoms with Gasteiger partial charge in [-0.25, -0.2) is 0 Å². The summed E-state index contributed by atoms with van der Waals surface area (Å²) in [4.78, 5) is 12.2. The van der Waals surface area contributed by atoms with Gasteiger partial charge in [-0.3, -0.25) is 4.79 Å². The largest absolute Gasteiger partial charge is 0.508 e. The van der Waals surface area contributed by atoms with Crippen molar-refractivity contribution in [1.29, 1.82) is 0 Å². The van der Waals surface area contributed by atoms with Gasteiger partial charge in [-0.15, -0.1) is 0 Å².